The highest BCUT2D eigenvalue weighted by atomic mass is 16.4. The number of carbonyl (C=O) groups excluding carboxylic acids is 1. The number of carboxylic acids is 1. The monoisotopic (exact) mass is 283 g/mol. The summed E-state index contributed by atoms with van der Waals surface area (Å²) < 4.78 is 0. The van der Waals surface area contributed by atoms with Gasteiger partial charge < -0.3 is 15.3 Å². The Kier molecular flexibility index (Phi) is 5.79. The van der Waals surface area contributed by atoms with Gasteiger partial charge in [-0.3, -0.25) is 14.5 Å². The SMILES string of the molecule is O=C(O)CCN1CCN(CC(=O)NC2CCCC2)CC1. The number of nitrogens with zero attached hydrogens (tertiary/aromatic N) is 2. The second-order valence-electron chi connectivity index (χ2n) is 5.81. The minimum Gasteiger partial charge on any atom is -0.481 e. The predicted octanol–water partition coefficient (Wildman–Crippen LogP) is 0.138. The van der Waals surface area contributed by atoms with Crippen molar-refractivity contribution >= 4 is 11.9 Å². The quantitative estimate of drug-likeness (QED) is 0.725. The molecule has 0 spiro atoms. The van der Waals surface area contributed by atoms with E-state index in [1.165, 1.54) is 12.8 Å². The van der Waals surface area contributed by atoms with Crippen molar-refractivity contribution in [2.75, 3.05) is 39.3 Å². The third kappa shape index (κ3) is 5.09. The Bertz CT molecular complexity index is 335. The van der Waals surface area contributed by atoms with E-state index in [9.17, 15) is 9.59 Å². The van der Waals surface area contributed by atoms with Crippen LogP contribution in [0.3, 0.4) is 0 Å². The number of rotatable bonds is 6. The first-order valence-corrected chi connectivity index (χ1v) is 7.59. The van der Waals surface area contributed by atoms with E-state index in [1.54, 1.807) is 0 Å². The molecular formula is C14H25N3O3. The molecule has 2 fully saturated rings. The van der Waals surface area contributed by atoms with Gasteiger partial charge in [0.05, 0.1) is 13.0 Å². The smallest absolute Gasteiger partial charge is 0.304 e. The van der Waals surface area contributed by atoms with E-state index in [2.05, 4.69) is 15.1 Å². The summed E-state index contributed by atoms with van der Waals surface area (Å²) in [6.07, 6.45) is 4.89. The lowest BCUT2D eigenvalue weighted by atomic mass is 10.2. The maximum Gasteiger partial charge on any atom is 0.304 e. The van der Waals surface area contributed by atoms with Crippen LogP contribution in [0.4, 0.5) is 0 Å². The standard InChI is InChI=1S/C14H25N3O3/c18-13(15-12-3-1-2-4-12)11-17-9-7-16(8-10-17)6-5-14(19)20/h12H,1-11H2,(H,15,18)(H,19,20). The number of piperazine rings is 1. The van der Waals surface area contributed by atoms with Crippen molar-refractivity contribution in [3.63, 3.8) is 0 Å². The normalized spacial score (nSPS) is 22.0. The molecule has 0 aromatic carbocycles. The third-order valence-electron chi connectivity index (χ3n) is 4.19. The first-order chi connectivity index (χ1) is 9.63. The average molecular weight is 283 g/mol. The van der Waals surface area contributed by atoms with Gasteiger partial charge in [-0.05, 0) is 12.8 Å². The van der Waals surface area contributed by atoms with Gasteiger partial charge in [-0.1, -0.05) is 12.8 Å². The van der Waals surface area contributed by atoms with E-state index in [0.29, 0.717) is 19.1 Å². The highest BCUT2D eigenvalue weighted by Crippen LogP contribution is 2.17. The summed E-state index contributed by atoms with van der Waals surface area (Å²) in [7, 11) is 0. The summed E-state index contributed by atoms with van der Waals surface area (Å²) >= 11 is 0. The van der Waals surface area contributed by atoms with Gasteiger partial charge in [0.1, 0.15) is 0 Å². The summed E-state index contributed by atoms with van der Waals surface area (Å²) in [5.74, 6) is -0.612. The van der Waals surface area contributed by atoms with Crippen LogP contribution >= 0.6 is 0 Å². The van der Waals surface area contributed by atoms with E-state index < -0.39 is 5.97 Å². The number of carbonyl (C=O) groups is 2. The van der Waals surface area contributed by atoms with Gasteiger partial charge in [0.25, 0.3) is 0 Å². The summed E-state index contributed by atoms with van der Waals surface area (Å²) in [5, 5.41) is 11.8. The fourth-order valence-corrected chi connectivity index (χ4v) is 2.97. The van der Waals surface area contributed by atoms with Crippen LogP contribution in [0.25, 0.3) is 0 Å². The molecule has 0 bridgehead atoms. The first kappa shape index (κ1) is 15.3. The molecule has 2 N–H and O–H groups in total. The number of hydrogen-bond donors (Lipinski definition) is 2. The minimum atomic E-state index is -0.747. The third-order valence-corrected chi connectivity index (χ3v) is 4.19. The largest absolute Gasteiger partial charge is 0.481 e. The van der Waals surface area contributed by atoms with Crippen molar-refractivity contribution in [3.8, 4) is 0 Å². The Labute approximate surface area is 120 Å². The molecule has 20 heavy (non-hydrogen) atoms. The molecule has 1 aliphatic heterocycles. The van der Waals surface area contributed by atoms with Crippen LogP contribution in [0.1, 0.15) is 32.1 Å². The Balaban J connectivity index is 1.61. The molecule has 1 saturated heterocycles. The van der Waals surface area contributed by atoms with Gasteiger partial charge in [0.2, 0.25) is 5.91 Å². The molecule has 1 saturated carbocycles. The molecular weight excluding hydrogens is 258 g/mol. The van der Waals surface area contributed by atoms with Crippen molar-refractivity contribution in [2.45, 2.75) is 38.1 Å². The molecule has 0 atom stereocenters. The second kappa shape index (κ2) is 7.59. The van der Waals surface area contributed by atoms with Crippen LogP contribution in [0.15, 0.2) is 0 Å². The highest BCUT2D eigenvalue weighted by molar-refractivity contribution is 5.78. The number of amides is 1. The molecule has 2 aliphatic rings. The summed E-state index contributed by atoms with van der Waals surface area (Å²) in [6.45, 7) is 4.48. The Morgan fingerprint density at radius 2 is 1.65 bits per heavy atom. The number of nitrogens with one attached hydrogen (secondary N) is 1. The van der Waals surface area contributed by atoms with Crippen LogP contribution < -0.4 is 5.32 Å². The lowest BCUT2D eigenvalue weighted by Crippen LogP contribution is -2.50. The Morgan fingerprint density at radius 3 is 2.25 bits per heavy atom. The van der Waals surface area contributed by atoms with Crippen molar-refractivity contribution < 1.29 is 14.7 Å². The molecule has 0 unspecified atom stereocenters. The zero-order chi connectivity index (χ0) is 14.4. The first-order valence-electron chi connectivity index (χ1n) is 7.59. The molecule has 114 valence electrons. The molecule has 1 heterocycles. The zero-order valence-electron chi connectivity index (χ0n) is 12.0. The molecule has 6 nitrogen and oxygen atoms in total. The van der Waals surface area contributed by atoms with Crippen LogP contribution in [-0.4, -0.2) is 72.1 Å². The fraction of sp³-hybridized carbons (Fsp3) is 0.857. The van der Waals surface area contributed by atoms with Crippen molar-refractivity contribution in [2.24, 2.45) is 0 Å². The van der Waals surface area contributed by atoms with Crippen molar-refractivity contribution in [3.05, 3.63) is 0 Å². The maximum atomic E-state index is 11.9. The number of hydrogen-bond acceptors (Lipinski definition) is 4. The molecule has 1 aliphatic carbocycles. The van der Waals surface area contributed by atoms with E-state index in [4.69, 9.17) is 5.11 Å². The van der Waals surface area contributed by atoms with Crippen molar-refractivity contribution in [1.29, 1.82) is 0 Å². The van der Waals surface area contributed by atoms with Crippen LogP contribution in [0.5, 0.6) is 0 Å². The number of carboxylic acid groups (broad SMARTS) is 1. The van der Waals surface area contributed by atoms with Gasteiger partial charge in [0.15, 0.2) is 0 Å². The fourth-order valence-electron chi connectivity index (χ4n) is 2.97. The Hall–Kier alpha value is -1.14. The predicted molar refractivity (Wildman–Crippen MR) is 75.5 cm³/mol. The molecule has 0 radical (unpaired) electrons. The number of aliphatic carboxylic acids is 1. The molecule has 1 amide bonds. The lowest BCUT2D eigenvalue weighted by molar-refractivity contribution is -0.137. The van der Waals surface area contributed by atoms with Crippen LogP contribution in [-0.2, 0) is 9.59 Å². The van der Waals surface area contributed by atoms with Crippen LogP contribution in [0.2, 0.25) is 0 Å². The summed E-state index contributed by atoms with van der Waals surface area (Å²) in [6, 6.07) is 0.388. The molecule has 0 aromatic heterocycles. The maximum absolute atomic E-state index is 11.9. The van der Waals surface area contributed by atoms with Gasteiger partial charge in [-0.2, -0.15) is 0 Å². The minimum absolute atomic E-state index is 0.135. The van der Waals surface area contributed by atoms with E-state index in [0.717, 1.165) is 39.0 Å². The van der Waals surface area contributed by atoms with Crippen LogP contribution in [0, 0.1) is 0 Å². The lowest BCUT2D eigenvalue weighted by Gasteiger charge is -2.34. The van der Waals surface area contributed by atoms with E-state index >= 15 is 0 Å². The van der Waals surface area contributed by atoms with Gasteiger partial charge in [-0.25, -0.2) is 0 Å². The zero-order valence-corrected chi connectivity index (χ0v) is 12.0. The topological polar surface area (TPSA) is 72.9 Å². The summed E-state index contributed by atoms with van der Waals surface area (Å²) in [5.41, 5.74) is 0. The molecule has 2 rings (SSSR count). The van der Waals surface area contributed by atoms with Gasteiger partial charge in [0, 0.05) is 38.8 Å². The van der Waals surface area contributed by atoms with E-state index in [-0.39, 0.29) is 12.3 Å². The van der Waals surface area contributed by atoms with Crippen molar-refractivity contribution in [1.82, 2.24) is 15.1 Å². The highest BCUT2D eigenvalue weighted by Gasteiger charge is 2.21. The molecule has 6 heteroatoms. The van der Waals surface area contributed by atoms with Gasteiger partial charge >= 0.3 is 5.97 Å². The average Bonchev–Trinajstić information content (AvgIpc) is 2.90. The van der Waals surface area contributed by atoms with E-state index in [1.807, 2.05) is 0 Å². The Morgan fingerprint density at radius 1 is 1.05 bits per heavy atom. The second-order valence-corrected chi connectivity index (χ2v) is 5.81. The molecule has 0 aromatic rings. The summed E-state index contributed by atoms with van der Waals surface area (Å²) in [4.78, 5) is 26.8. The van der Waals surface area contributed by atoms with Gasteiger partial charge in [-0.15, -0.1) is 0 Å².